The number of allylic oxidation sites excluding steroid dienone is 4. The molecule has 1 aliphatic carbocycles. The van der Waals surface area contributed by atoms with Gasteiger partial charge in [-0.3, -0.25) is 9.59 Å². The van der Waals surface area contributed by atoms with Crippen LogP contribution in [-0.4, -0.2) is 23.3 Å². The van der Waals surface area contributed by atoms with Gasteiger partial charge in [0.1, 0.15) is 0 Å². The summed E-state index contributed by atoms with van der Waals surface area (Å²) in [6.45, 7) is 5.44. The first kappa shape index (κ1) is 18.3. The molecule has 0 saturated heterocycles. The van der Waals surface area contributed by atoms with Gasteiger partial charge in [0.25, 0.3) is 0 Å². The van der Waals surface area contributed by atoms with E-state index in [-0.39, 0.29) is 24.1 Å². The number of aliphatic hydroxyl groups excluding tert-OH is 1. The first-order valence-corrected chi connectivity index (χ1v) is 8.62. The Hall–Kier alpha value is -2.00. The minimum atomic E-state index is -0.0654. The van der Waals surface area contributed by atoms with E-state index in [9.17, 15) is 9.59 Å². The molecule has 1 aliphatic rings. The van der Waals surface area contributed by atoms with Gasteiger partial charge in [0.05, 0.1) is 0 Å². The maximum Gasteiger partial charge on any atom is 0.186 e. The smallest absolute Gasteiger partial charge is 0.186 e. The third kappa shape index (κ3) is 3.73. The van der Waals surface area contributed by atoms with E-state index in [4.69, 9.17) is 5.11 Å². The van der Waals surface area contributed by atoms with Gasteiger partial charge >= 0.3 is 0 Å². The second-order valence-corrected chi connectivity index (χ2v) is 6.48. The Balaban J connectivity index is 2.39. The number of rotatable bonds is 7. The highest BCUT2D eigenvalue weighted by Gasteiger charge is 2.32. The molecule has 1 unspecified atom stereocenters. The molecule has 3 nitrogen and oxygen atoms in total. The van der Waals surface area contributed by atoms with E-state index < -0.39 is 0 Å². The van der Waals surface area contributed by atoms with E-state index in [1.807, 2.05) is 30.3 Å². The van der Waals surface area contributed by atoms with Crippen molar-refractivity contribution in [2.24, 2.45) is 0 Å². The number of Topliss-reactive ketones (excluding diaryl/α,β-unsaturated/α-hetero) is 2. The molecular weight excluding hydrogens is 300 g/mol. The Morgan fingerprint density at radius 2 is 1.46 bits per heavy atom. The Kier molecular flexibility index (Phi) is 6.27. The quantitative estimate of drug-likeness (QED) is 0.605. The highest BCUT2D eigenvalue weighted by molar-refractivity contribution is 6.25. The van der Waals surface area contributed by atoms with Gasteiger partial charge in [0, 0.05) is 34.8 Å². The lowest BCUT2D eigenvalue weighted by molar-refractivity contribution is -0.116. The molecule has 1 atom stereocenters. The zero-order valence-electron chi connectivity index (χ0n) is 14.8. The van der Waals surface area contributed by atoms with Gasteiger partial charge in [0.15, 0.2) is 11.6 Å². The maximum atomic E-state index is 12.9. The van der Waals surface area contributed by atoms with Crippen molar-refractivity contribution < 1.29 is 14.7 Å². The van der Waals surface area contributed by atoms with Crippen LogP contribution in [0.25, 0.3) is 0 Å². The largest absolute Gasteiger partial charge is 0.396 e. The lowest BCUT2D eigenvalue weighted by Gasteiger charge is -2.26. The van der Waals surface area contributed by atoms with E-state index in [2.05, 4.69) is 0 Å². The van der Waals surface area contributed by atoms with Crippen molar-refractivity contribution in [3.63, 3.8) is 0 Å². The van der Waals surface area contributed by atoms with E-state index in [1.165, 1.54) is 0 Å². The summed E-state index contributed by atoms with van der Waals surface area (Å²) in [6, 6.07) is 9.94. The molecule has 0 heterocycles. The van der Waals surface area contributed by atoms with Crippen molar-refractivity contribution in [1.29, 1.82) is 0 Å². The highest BCUT2D eigenvalue weighted by Crippen LogP contribution is 2.37. The average Bonchev–Trinajstić information content (AvgIpc) is 2.61. The van der Waals surface area contributed by atoms with E-state index in [0.717, 1.165) is 31.2 Å². The summed E-state index contributed by atoms with van der Waals surface area (Å²) in [4.78, 5) is 25.4. The third-order valence-corrected chi connectivity index (χ3v) is 4.93. The monoisotopic (exact) mass is 326 g/mol. The van der Waals surface area contributed by atoms with Gasteiger partial charge in [-0.25, -0.2) is 0 Å². The predicted molar refractivity (Wildman–Crippen MR) is 95.8 cm³/mol. The fourth-order valence-electron chi connectivity index (χ4n) is 3.34. The summed E-state index contributed by atoms with van der Waals surface area (Å²) < 4.78 is 0. The molecule has 0 fully saturated rings. The summed E-state index contributed by atoms with van der Waals surface area (Å²) >= 11 is 0. The lowest BCUT2D eigenvalue weighted by atomic mass is 9.76. The number of hydrogen-bond donors (Lipinski definition) is 1. The topological polar surface area (TPSA) is 54.4 Å². The molecule has 128 valence electrons. The lowest BCUT2D eigenvalue weighted by Crippen LogP contribution is -2.24. The van der Waals surface area contributed by atoms with Crippen LogP contribution in [0.5, 0.6) is 0 Å². The molecule has 2 rings (SSSR count). The second-order valence-electron chi connectivity index (χ2n) is 6.48. The zero-order valence-corrected chi connectivity index (χ0v) is 14.8. The fourth-order valence-corrected chi connectivity index (χ4v) is 3.34. The van der Waals surface area contributed by atoms with Crippen LogP contribution in [0, 0.1) is 0 Å². The van der Waals surface area contributed by atoms with Crippen molar-refractivity contribution in [1.82, 2.24) is 0 Å². The molecule has 0 amide bonds. The van der Waals surface area contributed by atoms with Crippen molar-refractivity contribution >= 4 is 11.6 Å². The molecule has 1 aromatic rings. The van der Waals surface area contributed by atoms with Gasteiger partial charge in [0.2, 0.25) is 0 Å². The van der Waals surface area contributed by atoms with Gasteiger partial charge in [-0.2, -0.15) is 0 Å². The number of aliphatic hydroxyl groups is 1. The Morgan fingerprint density at radius 3 is 2.08 bits per heavy atom. The van der Waals surface area contributed by atoms with Gasteiger partial charge in [-0.1, -0.05) is 43.2 Å². The van der Waals surface area contributed by atoms with Gasteiger partial charge in [-0.05, 0) is 39.2 Å². The molecule has 1 N–H and O–H groups in total. The van der Waals surface area contributed by atoms with Crippen molar-refractivity contribution in [3.05, 3.63) is 58.2 Å². The Morgan fingerprint density at radius 1 is 0.833 bits per heavy atom. The fraction of sp³-hybridized carbons (Fsp3) is 0.429. The standard InChI is InChI=1S/C21H26O3/c1-14-15(2)21(24)19(16(3)20(14)23)18(12-8-5-9-13-22)17-10-6-4-7-11-17/h4,6-7,10-11,18,22H,5,8-9,12-13H2,1-3H3. The van der Waals surface area contributed by atoms with Crippen LogP contribution < -0.4 is 0 Å². The summed E-state index contributed by atoms with van der Waals surface area (Å²) in [5.41, 5.74) is 3.44. The first-order valence-electron chi connectivity index (χ1n) is 8.62. The zero-order chi connectivity index (χ0) is 17.7. The van der Waals surface area contributed by atoms with Crippen molar-refractivity contribution in [2.75, 3.05) is 6.61 Å². The van der Waals surface area contributed by atoms with Crippen LogP contribution in [0.3, 0.4) is 0 Å². The maximum absolute atomic E-state index is 12.9. The second kappa shape index (κ2) is 8.20. The van der Waals surface area contributed by atoms with Crippen LogP contribution >= 0.6 is 0 Å². The molecule has 24 heavy (non-hydrogen) atoms. The Bertz CT molecular complexity index is 680. The minimum absolute atomic E-state index is 0.000566. The van der Waals surface area contributed by atoms with E-state index in [0.29, 0.717) is 22.3 Å². The molecule has 0 spiro atoms. The normalized spacial score (nSPS) is 16.8. The molecule has 0 aromatic heterocycles. The first-order chi connectivity index (χ1) is 11.5. The molecule has 3 heteroatoms. The average molecular weight is 326 g/mol. The number of carbonyl (C=O) groups excluding carboxylic acids is 2. The molecule has 0 saturated carbocycles. The summed E-state index contributed by atoms with van der Waals surface area (Å²) in [5.74, 6) is -0.0802. The number of hydrogen-bond acceptors (Lipinski definition) is 3. The molecular formula is C21H26O3. The van der Waals surface area contributed by atoms with Crippen molar-refractivity contribution in [2.45, 2.75) is 52.4 Å². The molecule has 0 aliphatic heterocycles. The van der Waals surface area contributed by atoms with Gasteiger partial charge < -0.3 is 5.11 Å². The summed E-state index contributed by atoms with van der Waals surface area (Å²) in [7, 11) is 0. The summed E-state index contributed by atoms with van der Waals surface area (Å²) in [5, 5.41) is 8.97. The summed E-state index contributed by atoms with van der Waals surface area (Å²) in [6.07, 6.45) is 3.41. The Labute approximate surface area is 144 Å². The van der Waals surface area contributed by atoms with Crippen LogP contribution in [0.4, 0.5) is 0 Å². The number of ketones is 2. The molecule has 0 radical (unpaired) electrons. The number of unbranched alkanes of at least 4 members (excludes halogenated alkanes) is 2. The van der Waals surface area contributed by atoms with Gasteiger partial charge in [-0.15, -0.1) is 0 Å². The van der Waals surface area contributed by atoms with Crippen LogP contribution in [0.15, 0.2) is 52.6 Å². The number of benzene rings is 1. The third-order valence-electron chi connectivity index (χ3n) is 4.93. The molecule has 1 aromatic carbocycles. The minimum Gasteiger partial charge on any atom is -0.396 e. The molecule has 0 bridgehead atoms. The van der Waals surface area contributed by atoms with E-state index in [1.54, 1.807) is 20.8 Å². The van der Waals surface area contributed by atoms with Crippen LogP contribution in [0.1, 0.15) is 57.9 Å². The number of carbonyl (C=O) groups is 2. The van der Waals surface area contributed by atoms with E-state index >= 15 is 0 Å². The predicted octanol–water partition coefficient (Wildman–Crippen LogP) is 4.13. The van der Waals surface area contributed by atoms with Crippen LogP contribution in [-0.2, 0) is 9.59 Å². The van der Waals surface area contributed by atoms with Crippen LogP contribution in [0.2, 0.25) is 0 Å². The van der Waals surface area contributed by atoms with Crippen molar-refractivity contribution in [3.8, 4) is 0 Å². The SMILES string of the molecule is CC1=C(C)C(=O)C(C(CCCCCO)c2ccccc2)=C(C)C1=O. The highest BCUT2D eigenvalue weighted by atomic mass is 16.2.